The molecule has 0 saturated carbocycles. The number of nitrogens with zero attached hydrogens (tertiary/aromatic N) is 1. The van der Waals surface area contributed by atoms with Gasteiger partial charge in [-0.15, -0.1) is 0 Å². The number of benzene rings is 2. The number of anilines is 2. The molecule has 0 spiro atoms. The third-order valence-electron chi connectivity index (χ3n) is 4.59. The van der Waals surface area contributed by atoms with Gasteiger partial charge in [0.1, 0.15) is 5.75 Å². The summed E-state index contributed by atoms with van der Waals surface area (Å²) in [5.41, 5.74) is 1.58. The lowest BCUT2D eigenvalue weighted by molar-refractivity contribution is -0.125. The summed E-state index contributed by atoms with van der Waals surface area (Å²) in [6.07, 6.45) is 0.196. The molecule has 1 aliphatic heterocycles. The molecule has 1 aliphatic rings. The van der Waals surface area contributed by atoms with E-state index in [9.17, 15) is 9.59 Å². The number of amides is 2. The SMILES string of the molecule is COc1ccc(N2CC(C)C(CC(=O)Nc3ccccc3)C2=O)cc1. The maximum absolute atomic E-state index is 12.8. The maximum atomic E-state index is 12.8. The number of hydrogen-bond acceptors (Lipinski definition) is 3. The zero-order valence-electron chi connectivity index (χ0n) is 14.4. The fourth-order valence-electron chi connectivity index (χ4n) is 3.17. The molecule has 2 atom stereocenters. The second-order valence-electron chi connectivity index (χ2n) is 6.35. The Labute approximate surface area is 147 Å². The van der Waals surface area contributed by atoms with E-state index in [0.29, 0.717) is 6.54 Å². The summed E-state index contributed by atoms with van der Waals surface area (Å²) in [6.45, 7) is 2.64. The largest absolute Gasteiger partial charge is 0.497 e. The molecule has 0 aromatic heterocycles. The standard InChI is InChI=1S/C20H22N2O3/c1-14-13-22(16-8-10-17(25-2)11-9-16)20(24)18(14)12-19(23)21-15-6-4-3-5-7-15/h3-11,14,18H,12-13H2,1-2H3,(H,21,23). The fraction of sp³-hybridized carbons (Fsp3) is 0.300. The summed E-state index contributed by atoms with van der Waals surface area (Å²) in [6, 6.07) is 16.7. The first-order valence-electron chi connectivity index (χ1n) is 8.39. The highest BCUT2D eigenvalue weighted by Crippen LogP contribution is 2.32. The second kappa shape index (κ2) is 7.38. The van der Waals surface area contributed by atoms with Gasteiger partial charge in [-0.1, -0.05) is 25.1 Å². The number of para-hydroxylation sites is 1. The van der Waals surface area contributed by atoms with Gasteiger partial charge < -0.3 is 15.0 Å². The van der Waals surface area contributed by atoms with Crippen molar-refractivity contribution in [3.8, 4) is 5.75 Å². The van der Waals surface area contributed by atoms with Crippen molar-refractivity contribution in [2.45, 2.75) is 13.3 Å². The number of nitrogens with one attached hydrogen (secondary N) is 1. The summed E-state index contributed by atoms with van der Waals surface area (Å²) in [7, 11) is 1.61. The molecule has 1 fully saturated rings. The molecule has 2 amide bonds. The van der Waals surface area contributed by atoms with E-state index < -0.39 is 0 Å². The van der Waals surface area contributed by atoms with E-state index >= 15 is 0 Å². The van der Waals surface area contributed by atoms with Gasteiger partial charge in [0.05, 0.1) is 13.0 Å². The zero-order valence-corrected chi connectivity index (χ0v) is 14.4. The predicted molar refractivity (Wildman–Crippen MR) is 97.7 cm³/mol. The predicted octanol–water partition coefficient (Wildman–Crippen LogP) is 3.32. The summed E-state index contributed by atoms with van der Waals surface area (Å²) in [5.74, 6) is 0.443. The van der Waals surface area contributed by atoms with Crippen molar-refractivity contribution in [1.29, 1.82) is 0 Å². The highest BCUT2D eigenvalue weighted by Gasteiger charge is 2.39. The van der Waals surface area contributed by atoms with E-state index in [4.69, 9.17) is 4.74 Å². The van der Waals surface area contributed by atoms with Crippen LogP contribution in [0.15, 0.2) is 54.6 Å². The van der Waals surface area contributed by atoms with Gasteiger partial charge >= 0.3 is 0 Å². The molecule has 0 radical (unpaired) electrons. The Bertz CT molecular complexity index is 743. The lowest BCUT2D eigenvalue weighted by Crippen LogP contribution is -2.29. The average Bonchev–Trinajstić information content (AvgIpc) is 2.91. The summed E-state index contributed by atoms with van der Waals surface area (Å²) < 4.78 is 5.15. The monoisotopic (exact) mass is 338 g/mol. The van der Waals surface area contributed by atoms with E-state index in [-0.39, 0.29) is 30.1 Å². The quantitative estimate of drug-likeness (QED) is 0.910. The van der Waals surface area contributed by atoms with Crippen LogP contribution in [0.25, 0.3) is 0 Å². The van der Waals surface area contributed by atoms with Gasteiger partial charge in [0.25, 0.3) is 0 Å². The zero-order chi connectivity index (χ0) is 17.8. The van der Waals surface area contributed by atoms with Crippen molar-refractivity contribution >= 4 is 23.2 Å². The Kier molecular flexibility index (Phi) is 5.03. The van der Waals surface area contributed by atoms with Crippen molar-refractivity contribution in [3.05, 3.63) is 54.6 Å². The molecule has 5 nitrogen and oxygen atoms in total. The van der Waals surface area contributed by atoms with E-state index in [1.54, 1.807) is 12.0 Å². The Morgan fingerprint density at radius 3 is 2.48 bits per heavy atom. The Morgan fingerprint density at radius 1 is 1.16 bits per heavy atom. The molecule has 0 bridgehead atoms. The highest BCUT2D eigenvalue weighted by atomic mass is 16.5. The molecule has 0 aliphatic carbocycles. The second-order valence-corrected chi connectivity index (χ2v) is 6.35. The summed E-state index contributed by atoms with van der Waals surface area (Å²) in [5, 5.41) is 2.85. The van der Waals surface area contributed by atoms with E-state index in [1.807, 2.05) is 61.5 Å². The molecule has 25 heavy (non-hydrogen) atoms. The number of rotatable bonds is 5. The van der Waals surface area contributed by atoms with Crippen LogP contribution >= 0.6 is 0 Å². The minimum absolute atomic E-state index is 0.000813. The Morgan fingerprint density at radius 2 is 1.84 bits per heavy atom. The van der Waals surface area contributed by atoms with Gasteiger partial charge in [-0.3, -0.25) is 9.59 Å². The van der Waals surface area contributed by atoms with Crippen LogP contribution < -0.4 is 15.0 Å². The first-order chi connectivity index (χ1) is 12.1. The highest BCUT2D eigenvalue weighted by molar-refractivity contribution is 6.01. The van der Waals surface area contributed by atoms with Gasteiger partial charge in [0, 0.05) is 24.3 Å². The molecular weight excluding hydrogens is 316 g/mol. The third kappa shape index (κ3) is 3.82. The topological polar surface area (TPSA) is 58.6 Å². The van der Waals surface area contributed by atoms with Crippen LogP contribution in [0.2, 0.25) is 0 Å². The molecule has 1 heterocycles. The summed E-state index contributed by atoms with van der Waals surface area (Å²) >= 11 is 0. The van der Waals surface area contributed by atoms with Gasteiger partial charge in [-0.25, -0.2) is 0 Å². The first kappa shape index (κ1) is 17.0. The number of carbonyl (C=O) groups excluding carboxylic acids is 2. The maximum Gasteiger partial charge on any atom is 0.230 e. The van der Waals surface area contributed by atoms with Crippen molar-refractivity contribution in [1.82, 2.24) is 0 Å². The van der Waals surface area contributed by atoms with Gasteiger partial charge in [0.15, 0.2) is 0 Å². The summed E-state index contributed by atoms with van der Waals surface area (Å²) in [4.78, 5) is 26.8. The lowest BCUT2D eigenvalue weighted by atomic mass is 9.94. The van der Waals surface area contributed by atoms with Gasteiger partial charge in [-0.05, 0) is 42.3 Å². The minimum atomic E-state index is -0.300. The molecule has 3 rings (SSSR count). The Hall–Kier alpha value is -2.82. The van der Waals surface area contributed by atoms with Crippen molar-refractivity contribution < 1.29 is 14.3 Å². The lowest BCUT2D eigenvalue weighted by Gasteiger charge is -2.17. The van der Waals surface area contributed by atoms with Crippen LogP contribution in [0.1, 0.15) is 13.3 Å². The number of hydrogen-bond donors (Lipinski definition) is 1. The minimum Gasteiger partial charge on any atom is -0.497 e. The van der Waals surface area contributed by atoms with Crippen LogP contribution in [-0.2, 0) is 9.59 Å². The number of methoxy groups -OCH3 is 1. The van der Waals surface area contributed by atoms with E-state index in [0.717, 1.165) is 17.1 Å². The van der Waals surface area contributed by atoms with E-state index in [1.165, 1.54) is 0 Å². The molecular formula is C20H22N2O3. The Balaban J connectivity index is 1.66. The smallest absolute Gasteiger partial charge is 0.230 e. The molecule has 1 saturated heterocycles. The van der Waals surface area contributed by atoms with Crippen LogP contribution in [0.4, 0.5) is 11.4 Å². The number of ether oxygens (including phenoxy) is 1. The molecule has 2 unspecified atom stereocenters. The van der Waals surface area contributed by atoms with Crippen molar-refractivity contribution in [2.75, 3.05) is 23.9 Å². The molecule has 2 aromatic rings. The third-order valence-corrected chi connectivity index (χ3v) is 4.59. The van der Waals surface area contributed by atoms with Crippen LogP contribution in [0, 0.1) is 11.8 Å². The molecule has 130 valence electrons. The molecule has 5 heteroatoms. The van der Waals surface area contributed by atoms with Gasteiger partial charge in [-0.2, -0.15) is 0 Å². The number of carbonyl (C=O) groups is 2. The normalized spacial score (nSPS) is 19.8. The average molecular weight is 338 g/mol. The van der Waals surface area contributed by atoms with Crippen LogP contribution in [-0.4, -0.2) is 25.5 Å². The van der Waals surface area contributed by atoms with Crippen LogP contribution in [0.5, 0.6) is 5.75 Å². The first-order valence-corrected chi connectivity index (χ1v) is 8.39. The van der Waals surface area contributed by atoms with Crippen LogP contribution in [0.3, 0.4) is 0 Å². The van der Waals surface area contributed by atoms with Crippen molar-refractivity contribution in [2.24, 2.45) is 11.8 Å². The van der Waals surface area contributed by atoms with Crippen molar-refractivity contribution in [3.63, 3.8) is 0 Å². The fourth-order valence-corrected chi connectivity index (χ4v) is 3.17. The molecule has 2 aromatic carbocycles. The van der Waals surface area contributed by atoms with E-state index in [2.05, 4.69) is 5.32 Å². The van der Waals surface area contributed by atoms with Gasteiger partial charge in [0.2, 0.25) is 11.8 Å². The molecule has 1 N–H and O–H groups in total.